The van der Waals surface area contributed by atoms with Gasteiger partial charge in [0.25, 0.3) is 0 Å². The highest BCUT2D eigenvalue weighted by molar-refractivity contribution is 7.82. The van der Waals surface area contributed by atoms with E-state index in [0.717, 1.165) is 46.4 Å². The first kappa shape index (κ1) is 29.1. The predicted octanol–water partition coefficient (Wildman–Crippen LogP) is 4.03. The standard InChI is InChI=1S/C28H47N3O4S/c1-21-17-26(34-6)18-22(2)28(21)36(33)30(4)15-16-35-20-27(32)31(5)25-11-9-23(10-12-25)13-14-29(3)19-24-7-8-24/h17-18,23-25H,7-16,19-20H2,1-6H3. The first-order chi connectivity index (χ1) is 17.2. The number of ether oxygens (including phenoxy) is 2. The van der Waals surface area contributed by atoms with E-state index in [4.69, 9.17) is 9.47 Å². The second-order valence-electron chi connectivity index (χ2n) is 10.9. The van der Waals surface area contributed by atoms with E-state index in [1.165, 1.54) is 45.2 Å². The molecule has 204 valence electrons. The number of amides is 1. The molecular weight excluding hydrogens is 474 g/mol. The van der Waals surface area contributed by atoms with Crippen molar-refractivity contribution in [3.05, 3.63) is 23.3 Å². The van der Waals surface area contributed by atoms with Crippen molar-refractivity contribution in [3.8, 4) is 5.75 Å². The molecule has 0 saturated heterocycles. The van der Waals surface area contributed by atoms with Gasteiger partial charge in [-0.05, 0) is 107 Å². The molecule has 1 unspecified atom stereocenters. The Balaban J connectivity index is 1.33. The molecular formula is C28H47N3O4S. The first-order valence-electron chi connectivity index (χ1n) is 13.5. The minimum atomic E-state index is -1.30. The summed E-state index contributed by atoms with van der Waals surface area (Å²) in [4.78, 5) is 17.9. The number of aryl methyl sites for hydroxylation is 2. The molecule has 0 spiro atoms. The highest BCUT2D eigenvalue weighted by Gasteiger charge is 2.27. The monoisotopic (exact) mass is 521 g/mol. The van der Waals surface area contributed by atoms with Gasteiger partial charge in [0.2, 0.25) is 5.91 Å². The predicted molar refractivity (Wildman–Crippen MR) is 146 cm³/mol. The van der Waals surface area contributed by atoms with E-state index < -0.39 is 11.0 Å². The molecule has 2 fully saturated rings. The molecule has 0 heterocycles. The molecule has 1 atom stereocenters. The van der Waals surface area contributed by atoms with Crippen LogP contribution < -0.4 is 4.74 Å². The molecule has 3 rings (SSSR count). The van der Waals surface area contributed by atoms with Gasteiger partial charge >= 0.3 is 0 Å². The molecule has 1 aromatic carbocycles. The Bertz CT molecular complexity index is 861. The molecule has 1 aromatic rings. The van der Waals surface area contributed by atoms with Crippen LogP contribution in [0.15, 0.2) is 17.0 Å². The summed E-state index contributed by atoms with van der Waals surface area (Å²) in [5, 5.41) is 0. The van der Waals surface area contributed by atoms with Crippen LogP contribution in [0.3, 0.4) is 0 Å². The SMILES string of the molecule is COc1cc(C)c(S(=O)N(C)CCOCC(=O)N(C)C2CCC(CCN(C)CC3CC3)CC2)c(C)c1. The zero-order chi connectivity index (χ0) is 26.2. The molecule has 0 N–H and O–H groups in total. The molecule has 2 saturated carbocycles. The molecule has 1 amide bonds. The van der Waals surface area contributed by atoms with E-state index in [0.29, 0.717) is 19.2 Å². The lowest BCUT2D eigenvalue weighted by atomic mass is 9.83. The number of hydrogen-bond donors (Lipinski definition) is 0. The Kier molecular flexibility index (Phi) is 11.2. The fourth-order valence-corrected chi connectivity index (χ4v) is 6.48. The average molecular weight is 522 g/mol. The maximum Gasteiger partial charge on any atom is 0.248 e. The quantitative estimate of drug-likeness (QED) is 0.346. The summed E-state index contributed by atoms with van der Waals surface area (Å²) in [6, 6.07) is 4.12. The number of benzene rings is 1. The van der Waals surface area contributed by atoms with E-state index >= 15 is 0 Å². The maximum absolute atomic E-state index is 13.1. The lowest BCUT2D eigenvalue weighted by molar-refractivity contribution is -0.137. The lowest BCUT2D eigenvalue weighted by Gasteiger charge is -2.35. The van der Waals surface area contributed by atoms with E-state index in [1.54, 1.807) is 11.4 Å². The molecule has 7 nitrogen and oxygen atoms in total. The minimum Gasteiger partial charge on any atom is -0.497 e. The Morgan fingerprint density at radius 3 is 2.17 bits per heavy atom. The number of nitrogens with zero attached hydrogens (tertiary/aromatic N) is 3. The topological polar surface area (TPSA) is 62.3 Å². The summed E-state index contributed by atoms with van der Waals surface area (Å²) in [6.45, 7) is 7.27. The number of rotatable bonds is 14. The minimum absolute atomic E-state index is 0.0354. The van der Waals surface area contributed by atoms with Gasteiger partial charge in [0.15, 0.2) is 0 Å². The van der Waals surface area contributed by atoms with Crippen molar-refractivity contribution < 1.29 is 18.5 Å². The van der Waals surface area contributed by atoms with Crippen LogP contribution in [-0.2, 0) is 20.5 Å². The fourth-order valence-electron chi connectivity index (χ4n) is 5.26. The van der Waals surface area contributed by atoms with Crippen LogP contribution in [0.4, 0.5) is 0 Å². The van der Waals surface area contributed by atoms with Gasteiger partial charge in [0.1, 0.15) is 23.3 Å². The van der Waals surface area contributed by atoms with E-state index in [2.05, 4.69) is 11.9 Å². The van der Waals surface area contributed by atoms with E-state index in [1.807, 2.05) is 45.0 Å². The van der Waals surface area contributed by atoms with Crippen molar-refractivity contribution >= 4 is 16.9 Å². The van der Waals surface area contributed by atoms with Crippen molar-refractivity contribution in [2.24, 2.45) is 11.8 Å². The molecule has 0 bridgehead atoms. The van der Waals surface area contributed by atoms with Crippen LogP contribution >= 0.6 is 0 Å². The molecule has 2 aliphatic rings. The number of carbonyl (C=O) groups is 1. The number of carbonyl (C=O) groups excluding carboxylic acids is 1. The average Bonchev–Trinajstić information content (AvgIpc) is 3.68. The van der Waals surface area contributed by atoms with Crippen molar-refractivity contribution in [1.29, 1.82) is 0 Å². The van der Waals surface area contributed by atoms with E-state index in [-0.39, 0.29) is 12.5 Å². The molecule has 36 heavy (non-hydrogen) atoms. The fraction of sp³-hybridized carbons (Fsp3) is 0.750. The van der Waals surface area contributed by atoms with Gasteiger partial charge in [-0.2, -0.15) is 0 Å². The summed E-state index contributed by atoms with van der Waals surface area (Å²) >= 11 is 0. The Hall–Kier alpha value is -1.48. The van der Waals surface area contributed by atoms with Crippen molar-refractivity contribution in [3.63, 3.8) is 0 Å². The van der Waals surface area contributed by atoms with Crippen LogP contribution in [0.1, 0.15) is 56.1 Å². The lowest BCUT2D eigenvalue weighted by Crippen LogP contribution is -2.41. The second-order valence-corrected chi connectivity index (χ2v) is 12.4. The van der Waals surface area contributed by atoms with Gasteiger partial charge in [0.05, 0.1) is 18.6 Å². The van der Waals surface area contributed by atoms with Gasteiger partial charge in [-0.25, -0.2) is 8.51 Å². The summed E-state index contributed by atoms with van der Waals surface area (Å²) in [6.07, 6.45) is 8.70. The zero-order valence-electron chi connectivity index (χ0n) is 23.3. The van der Waals surface area contributed by atoms with Gasteiger partial charge in [-0.3, -0.25) is 4.79 Å². The largest absolute Gasteiger partial charge is 0.497 e. The first-order valence-corrected chi connectivity index (χ1v) is 14.6. The van der Waals surface area contributed by atoms with E-state index in [9.17, 15) is 9.00 Å². The number of likely N-dealkylation sites (N-methyl/N-ethyl adjacent to an activating group) is 2. The van der Waals surface area contributed by atoms with Gasteiger partial charge in [0, 0.05) is 33.2 Å². The highest BCUT2D eigenvalue weighted by atomic mass is 32.2. The Labute approximate surface area is 221 Å². The summed E-state index contributed by atoms with van der Waals surface area (Å²) < 4.78 is 25.8. The maximum atomic E-state index is 13.1. The smallest absolute Gasteiger partial charge is 0.248 e. The third-order valence-corrected chi connectivity index (χ3v) is 9.59. The molecule has 0 radical (unpaired) electrons. The van der Waals surface area contributed by atoms with Gasteiger partial charge < -0.3 is 19.3 Å². The zero-order valence-corrected chi connectivity index (χ0v) is 24.1. The third-order valence-electron chi connectivity index (χ3n) is 7.85. The van der Waals surface area contributed by atoms with Gasteiger partial charge in [-0.1, -0.05) is 0 Å². The summed E-state index contributed by atoms with van der Waals surface area (Å²) in [7, 11) is 6.32. The van der Waals surface area contributed by atoms with Crippen LogP contribution in [-0.4, -0.2) is 91.4 Å². The van der Waals surface area contributed by atoms with Crippen LogP contribution in [0.2, 0.25) is 0 Å². The van der Waals surface area contributed by atoms with Crippen LogP contribution in [0.5, 0.6) is 5.75 Å². The molecule has 2 aliphatic carbocycles. The molecule has 8 heteroatoms. The molecule has 0 aliphatic heterocycles. The van der Waals surface area contributed by atoms with Crippen molar-refractivity contribution in [1.82, 2.24) is 14.1 Å². The summed E-state index contributed by atoms with van der Waals surface area (Å²) in [5.41, 5.74) is 1.88. The Morgan fingerprint density at radius 2 is 1.58 bits per heavy atom. The number of hydrogen-bond acceptors (Lipinski definition) is 5. The number of methoxy groups -OCH3 is 1. The Morgan fingerprint density at radius 1 is 0.972 bits per heavy atom. The second kappa shape index (κ2) is 13.9. The van der Waals surface area contributed by atoms with Crippen LogP contribution in [0, 0.1) is 25.7 Å². The van der Waals surface area contributed by atoms with Gasteiger partial charge in [-0.15, -0.1) is 0 Å². The molecule has 0 aromatic heterocycles. The van der Waals surface area contributed by atoms with Crippen molar-refractivity contribution in [2.75, 3.05) is 61.1 Å². The normalized spacial score (nSPS) is 21.1. The van der Waals surface area contributed by atoms with Crippen LogP contribution in [0.25, 0.3) is 0 Å². The highest BCUT2D eigenvalue weighted by Crippen LogP contribution is 2.31. The third kappa shape index (κ3) is 8.54. The van der Waals surface area contributed by atoms with Crippen molar-refractivity contribution in [2.45, 2.75) is 69.7 Å². The summed E-state index contributed by atoms with van der Waals surface area (Å²) in [5.74, 6) is 2.55.